The summed E-state index contributed by atoms with van der Waals surface area (Å²) >= 11 is 6.13. The number of halogens is 1. The first kappa shape index (κ1) is 16.9. The lowest BCUT2D eigenvalue weighted by molar-refractivity contribution is 0.0995. The summed E-state index contributed by atoms with van der Waals surface area (Å²) in [4.78, 5) is 17.1. The van der Waals surface area contributed by atoms with E-state index in [-0.39, 0.29) is 5.91 Å². The number of likely N-dealkylation sites (N-methyl/N-ethyl adjacent to an activating group) is 1. The summed E-state index contributed by atoms with van der Waals surface area (Å²) in [5.41, 5.74) is 1.71. The normalized spacial score (nSPS) is 15.5. The number of rotatable bonds is 4. The van der Waals surface area contributed by atoms with E-state index in [0.29, 0.717) is 22.2 Å². The van der Waals surface area contributed by atoms with Crippen molar-refractivity contribution in [1.29, 1.82) is 0 Å². The Balaban J connectivity index is 1.80. The summed E-state index contributed by atoms with van der Waals surface area (Å²) in [5, 5.41) is 3.53. The Bertz CT molecular complexity index is 721. The lowest BCUT2D eigenvalue weighted by Crippen LogP contribution is -2.46. The molecule has 6 heteroatoms. The molecule has 0 bridgehead atoms. The van der Waals surface area contributed by atoms with Crippen LogP contribution in [0.15, 0.2) is 34.7 Å². The number of hydrogen-bond donors (Lipinski definition) is 1. The number of furan rings is 1. The topological polar surface area (TPSA) is 48.7 Å². The smallest absolute Gasteiger partial charge is 0.291 e. The second kappa shape index (κ2) is 7.28. The van der Waals surface area contributed by atoms with Crippen molar-refractivity contribution in [1.82, 2.24) is 4.90 Å². The summed E-state index contributed by atoms with van der Waals surface area (Å²) in [6.07, 6.45) is 0. The molecule has 2 heterocycles. The molecule has 1 amide bonds. The minimum atomic E-state index is -0.265. The SMILES string of the molecule is CCN1CCN(c2ccc(Cl)cc2NC(=O)c2ccc(C)o2)CC1. The van der Waals surface area contributed by atoms with Crippen molar-refractivity contribution in [3.63, 3.8) is 0 Å². The zero-order chi connectivity index (χ0) is 17.1. The minimum absolute atomic E-state index is 0.265. The second-order valence-corrected chi connectivity index (χ2v) is 6.38. The lowest BCUT2D eigenvalue weighted by atomic mass is 10.2. The molecule has 0 aliphatic carbocycles. The summed E-state index contributed by atoms with van der Waals surface area (Å²) in [5.74, 6) is 0.746. The van der Waals surface area contributed by atoms with Crippen LogP contribution in [-0.2, 0) is 0 Å². The van der Waals surface area contributed by atoms with Crippen LogP contribution in [0.2, 0.25) is 5.02 Å². The maximum Gasteiger partial charge on any atom is 0.291 e. The predicted octanol–water partition coefficient (Wildman–Crippen LogP) is 3.64. The van der Waals surface area contributed by atoms with Gasteiger partial charge in [0.25, 0.3) is 5.91 Å². The van der Waals surface area contributed by atoms with Crippen LogP contribution in [0, 0.1) is 6.92 Å². The van der Waals surface area contributed by atoms with Gasteiger partial charge in [0.05, 0.1) is 11.4 Å². The maximum atomic E-state index is 12.4. The van der Waals surface area contributed by atoms with Gasteiger partial charge in [-0.05, 0) is 43.8 Å². The predicted molar refractivity (Wildman–Crippen MR) is 97.2 cm³/mol. The number of piperazine rings is 1. The van der Waals surface area contributed by atoms with Gasteiger partial charge >= 0.3 is 0 Å². The van der Waals surface area contributed by atoms with Crippen LogP contribution >= 0.6 is 11.6 Å². The van der Waals surface area contributed by atoms with Crippen LogP contribution in [0.5, 0.6) is 0 Å². The van der Waals surface area contributed by atoms with Crippen LogP contribution in [-0.4, -0.2) is 43.5 Å². The fraction of sp³-hybridized carbons (Fsp3) is 0.389. The van der Waals surface area contributed by atoms with Gasteiger partial charge in [-0.2, -0.15) is 0 Å². The molecule has 1 aliphatic rings. The molecule has 0 radical (unpaired) electrons. The number of hydrogen-bond acceptors (Lipinski definition) is 4. The number of nitrogens with zero attached hydrogens (tertiary/aromatic N) is 2. The van der Waals surface area contributed by atoms with Gasteiger partial charge < -0.3 is 19.5 Å². The first-order valence-corrected chi connectivity index (χ1v) is 8.59. The molecule has 0 saturated carbocycles. The lowest BCUT2D eigenvalue weighted by Gasteiger charge is -2.36. The van der Waals surface area contributed by atoms with E-state index in [9.17, 15) is 4.79 Å². The number of anilines is 2. The van der Waals surface area contributed by atoms with E-state index < -0.39 is 0 Å². The highest BCUT2D eigenvalue weighted by molar-refractivity contribution is 6.31. The van der Waals surface area contributed by atoms with E-state index in [2.05, 4.69) is 22.0 Å². The Labute approximate surface area is 147 Å². The zero-order valence-corrected chi connectivity index (χ0v) is 14.8. The molecular weight excluding hydrogens is 326 g/mol. The highest BCUT2D eigenvalue weighted by atomic mass is 35.5. The van der Waals surface area contributed by atoms with E-state index in [1.165, 1.54) is 0 Å². The summed E-state index contributed by atoms with van der Waals surface area (Å²) in [6.45, 7) is 8.95. The number of carbonyl (C=O) groups excluding carboxylic acids is 1. The van der Waals surface area contributed by atoms with Gasteiger partial charge in [-0.1, -0.05) is 18.5 Å². The Morgan fingerprint density at radius 2 is 1.96 bits per heavy atom. The Kier molecular flexibility index (Phi) is 5.11. The standard InChI is InChI=1S/C18H22ClN3O2/c1-3-21-8-10-22(11-9-21)16-6-5-14(19)12-15(16)20-18(23)17-7-4-13(2)24-17/h4-7,12H,3,8-11H2,1-2H3,(H,20,23). The van der Waals surface area contributed by atoms with Crippen molar-refractivity contribution in [3.05, 3.63) is 46.9 Å². The van der Waals surface area contributed by atoms with Crippen molar-refractivity contribution >= 4 is 28.9 Å². The molecule has 0 atom stereocenters. The van der Waals surface area contributed by atoms with Crippen LogP contribution in [0.3, 0.4) is 0 Å². The maximum absolute atomic E-state index is 12.4. The molecule has 1 aromatic carbocycles. The molecule has 1 aromatic heterocycles. The fourth-order valence-corrected chi connectivity index (χ4v) is 3.10. The molecule has 1 fully saturated rings. The minimum Gasteiger partial charge on any atom is -0.456 e. The van der Waals surface area contributed by atoms with Gasteiger partial charge in [0.1, 0.15) is 5.76 Å². The van der Waals surface area contributed by atoms with Gasteiger partial charge in [-0.15, -0.1) is 0 Å². The first-order chi connectivity index (χ1) is 11.6. The Hall–Kier alpha value is -1.98. The molecule has 2 aromatic rings. The number of carbonyl (C=O) groups is 1. The second-order valence-electron chi connectivity index (χ2n) is 5.95. The van der Waals surface area contributed by atoms with E-state index in [0.717, 1.165) is 38.4 Å². The fourth-order valence-electron chi connectivity index (χ4n) is 2.93. The number of aryl methyl sites for hydroxylation is 1. The molecule has 128 valence electrons. The highest BCUT2D eigenvalue weighted by Gasteiger charge is 2.20. The van der Waals surface area contributed by atoms with Gasteiger partial charge in [0.15, 0.2) is 5.76 Å². The molecule has 5 nitrogen and oxygen atoms in total. The molecule has 1 aliphatic heterocycles. The first-order valence-electron chi connectivity index (χ1n) is 8.21. The molecule has 0 unspecified atom stereocenters. The van der Waals surface area contributed by atoms with Crippen molar-refractivity contribution in [2.75, 3.05) is 42.9 Å². The van der Waals surface area contributed by atoms with Crippen molar-refractivity contribution in [2.24, 2.45) is 0 Å². The molecule has 24 heavy (non-hydrogen) atoms. The third-order valence-corrected chi connectivity index (χ3v) is 4.57. The molecule has 1 saturated heterocycles. The zero-order valence-electron chi connectivity index (χ0n) is 14.0. The molecular formula is C18H22ClN3O2. The van der Waals surface area contributed by atoms with Crippen molar-refractivity contribution in [2.45, 2.75) is 13.8 Å². The third kappa shape index (κ3) is 3.74. The van der Waals surface area contributed by atoms with Gasteiger partial charge in [0, 0.05) is 31.2 Å². The largest absolute Gasteiger partial charge is 0.456 e. The number of benzene rings is 1. The number of nitrogens with one attached hydrogen (secondary N) is 1. The quantitative estimate of drug-likeness (QED) is 0.917. The van der Waals surface area contributed by atoms with Crippen LogP contribution < -0.4 is 10.2 Å². The monoisotopic (exact) mass is 347 g/mol. The van der Waals surface area contributed by atoms with E-state index in [1.807, 2.05) is 19.1 Å². The van der Waals surface area contributed by atoms with Crippen LogP contribution in [0.1, 0.15) is 23.2 Å². The van der Waals surface area contributed by atoms with Crippen LogP contribution in [0.25, 0.3) is 0 Å². The summed E-state index contributed by atoms with van der Waals surface area (Å²) in [6, 6.07) is 9.06. The van der Waals surface area contributed by atoms with Gasteiger partial charge in [-0.25, -0.2) is 0 Å². The Morgan fingerprint density at radius 3 is 2.58 bits per heavy atom. The van der Waals surface area contributed by atoms with Crippen LogP contribution in [0.4, 0.5) is 11.4 Å². The third-order valence-electron chi connectivity index (χ3n) is 4.33. The summed E-state index contributed by atoms with van der Waals surface area (Å²) < 4.78 is 5.40. The van der Waals surface area contributed by atoms with Crippen molar-refractivity contribution in [3.8, 4) is 0 Å². The van der Waals surface area contributed by atoms with E-state index in [4.69, 9.17) is 16.0 Å². The average molecular weight is 348 g/mol. The van der Waals surface area contributed by atoms with Crippen molar-refractivity contribution < 1.29 is 9.21 Å². The number of amides is 1. The Morgan fingerprint density at radius 1 is 1.21 bits per heavy atom. The summed E-state index contributed by atoms with van der Waals surface area (Å²) in [7, 11) is 0. The average Bonchev–Trinajstić information content (AvgIpc) is 3.02. The van der Waals surface area contributed by atoms with E-state index in [1.54, 1.807) is 18.2 Å². The molecule has 3 rings (SSSR count). The molecule has 1 N–H and O–H groups in total. The van der Waals surface area contributed by atoms with Gasteiger partial charge in [-0.3, -0.25) is 4.79 Å². The molecule has 0 spiro atoms. The highest BCUT2D eigenvalue weighted by Crippen LogP contribution is 2.30. The van der Waals surface area contributed by atoms with E-state index >= 15 is 0 Å². The van der Waals surface area contributed by atoms with Gasteiger partial charge in [0.2, 0.25) is 0 Å².